The molecule has 1 amide bonds. The maximum Gasteiger partial charge on any atom is 0.268 e. The molecular weight excluding hydrogens is 436 g/mol. The summed E-state index contributed by atoms with van der Waals surface area (Å²) in [4.78, 5) is 12.9. The number of hydrogen-bond acceptors (Lipinski definition) is 4. The smallest absolute Gasteiger partial charge is 0.268 e. The number of nitrogens with zero attached hydrogens (tertiary/aromatic N) is 1. The van der Waals surface area contributed by atoms with Crippen molar-refractivity contribution in [2.75, 3.05) is 18.0 Å². The zero-order valence-electron chi connectivity index (χ0n) is 17.9. The minimum absolute atomic E-state index is 0.0206. The number of anilines is 1. The topological polar surface area (TPSA) is 75.7 Å². The molecule has 168 valence electrons. The second-order valence-corrected chi connectivity index (χ2v) is 10.2. The Morgan fingerprint density at radius 2 is 1.74 bits per heavy atom. The highest BCUT2D eigenvalue weighted by molar-refractivity contribution is 7.93. The van der Waals surface area contributed by atoms with Crippen molar-refractivity contribution in [2.24, 2.45) is 0 Å². The lowest BCUT2D eigenvalue weighted by molar-refractivity contribution is -0.120. The standard InChI is InChI=1S/C23H29ClN2O4S/c1-17-9-14-21(30-2)22(15-17)31(28,29)26(20-12-10-18(24)11-13-20)16-23(27)25-19-7-5-3-4-6-8-19/h9-15,19H,3-8,16H2,1-2H3,(H,25,27). The van der Waals surface area contributed by atoms with E-state index < -0.39 is 10.0 Å². The fourth-order valence-corrected chi connectivity index (χ4v) is 5.64. The molecule has 1 aliphatic carbocycles. The van der Waals surface area contributed by atoms with Gasteiger partial charge in [0, 0.05) is 11.1 Å². The van der Waals surface area contributed by atoms with E-state index in [0.29, 0.717) is 10.7 Å². The molecule has 1 N–H and O–H groups in total. The molecule has 0 heterocycles. The van der Waals surface area contributed by atoms with Crippen LogP contribution in [0.2, 0.25) is 5.02 Å². The number of benzene rings is 2. The SMILES string of the molecule is COc1ccc(C)cc1S(=O)(=O)N(CC(=O)NC1CCCCCC1)c1ccc(Cl)cc1. The van der Waals surface area contributed by atoms with E-state index in [4.69, 9.17) is 16.3 Å². The van der Waals surface area contributed by atoms with Crippen LogP contribution in [-0.2, 0) is 14.8 Å². The van der Waals surface area contributed by atoms with Gasteiger partial charge in [0.1, 0.15) is 17.2 Å². The maximum atomic E-state index is 13.7. The van der Waals surface area contributed by atoms with Crippen LogP contribution in [0.3, 0.4) is 0 Å². The molecule has 0 bridgehead atoms. The molecule has 1 saturated carbocycles. The molecule has 0 aliphatic heterocycles. The zero-order valence-corrected chi connectivity index (χ0v) is 19.5. The monoisotopic (exact) mass is 464 g/mol. The third-order valence-corrected chi connectivity index (χ3v) is 7.56. The Labute approximate surface area is 189 Å². The van der Waals surface area contributed by atoms with E-state index in [-0.39, 0.29) is 29.1 Å². The van der Waals surface area contributed by atoms with Crippen LogP contribution in [-0.4, -0.2) is 34.0 Å². The molecule has 3 rings (SSSR count). The molecular formula is C23H29ClN2O4S. The predicted octanol–water partition coefficient (Wildman–Crippen LogP) is 4.69. The van der Waals surface area contributed by atoms with E-state index >= 15 is 0 Å². The van der Waals surface area contributed by atoms with Gasteiger partial charge in [0.25, 0.3) is 10.0 Å². The summed E-state index contributed by atoms with van der Waals surface area (Å²) in [5.74, 6) is -0.0919. The number of carbonyl (C=O) groups excluding carboxylic acids is 1. The Morgan fingerprint density at radius 1 is 1.10 bits per heavy atom. The summed E-state index contributed by atoms with van der Waals surface area (Å²) in [5, 5.41) is 3.52. The molecule has 2 aromatic rings. The van der Waals surface area contributed by atoms with Crippen LogP contribution >= 0.6 is 11.6 Å². The maximum absolute atomic E-state index is 13.7. The summed E-state index contributed by atoms with van der Waals surface area (Å²) in [6.45, 7) is 1.49. The number of halogens is 1. The minimum Gasteiger partial charge on any atom is -0.495 e. The highest BCUT2D eigenvalue weighted by atomic mass is 35.5. The molecule has 2 aromatic carbocycles. The molecule has 31 heavy (non-hydrogen) atoms. The van der Waals surface area contributed by atoms with Crippen LogP contribution in [0.25, 0.3) is 0 Å². The Balaban J connectivity index is 1.94. The Kier molecular flexibility index (Phi) is 7.84. The van der Waals surface area contributed by atoms with Gasteiger partial charge in [0.2, 0.25) is 5.91 Å². The number of rotatable bonds is 7. The van der Waals surface area contributed by atoms with Gasteiger partial charge in [0.05, 0.1) is 12.8 Å². The first-order valence-corrected chi connectivity index (χ1v) is 12.4. The van der Waals surface area contributed by atoms with Gasteiger partial charge >= 0.3 is 0 Å². The van der Waals surface area contributed by atoms with Gasteiger partial charge in [-0.2, -0.15) is 0 Å². The Hall–Kier alpha value is -2.25. The molecule has 0 unspecified atom stereocenters. The van der Waals surface area contributed by atoms with Crippen LogP contribution in [0, 0.1) is 6.92 Å². The molecule has 8 heteroatoms. The lowest BCUT2D eigenvalue weighted by atomic mass is 10.1. The molecule has 0 radical (unpaired) electrons. The Morgan fingerprint density at radius 3 is 2.35 bits per heavy atom. The average molecular weight is 465 g/mol. The van der Waals surface area contributed by atoms with Crippen molar-refractivity contribution in [3.05, 3.63) is 53.1 Å². The van der Waals surface area contributed by atoms with Crippen molar-refractivity contribution in [1.82, 2.24) is 5.32 Å². The summed E-state index contributed by atoms with van der Waals surface area (Å²) in [6, 6.07) is 11.4. The molecule has 1 aliphatic rings. The molecule has 6 nitrogen and oxygen atoms in total. The summed E-state index contributed by atoms with van der Waals surface area (Å²) in [6.07, 6.45) is 6.33. The van der Waals surface area contributed by atoms with Gasteiger partial charge in [-0.3, -0.25) is 9.10 Å². The van der Waals surface area contributed by atoms with E-state index in [1.165, 1.54) is 20.0 Å². The lowest BCUT2D eigenvalue weighted by Crippen LogP contribution is -2.44. The summed E-state index contributed by atoms with van der Waals surface area (Å²) < 4.78 is 33.8. The molecule has 0 atom stereocenters. The number of amides is 1. The van der Waals surface area contributed by atoms with Crippen LogP contribution in [0.5, 0.6) is 5.75 Å². The summed E-state index contributed by atoms with van der Waals surface area (Å²) in [5.41, 5.74) is 1.14. The van der Waals surface area contributed by atoms with Crippen molar-refractivity contribution in [3.63, 3.8) is 0 Å². The first kappa shape index (κ1) is 23.4. The summed E-state index contributed by atoms with van der Waals surface area (Å²) in [7, 11) is -2.65. The molecule has 0 aromatic heterocycles. The highest BCUT2D eigenvalue weighted by Crippen LogP contribution is 2.31. The quantitative estimate of drug-likeness (QED) is 0.603. The number of hydrogen-bond donors (Lipinski definition) is 1. The second kappa shape index (κ2) is 10.4. The molecule has 0 spiro atoms. The lowest BCUT2D eigenvalue weighted by Gasteiger charge is -2.26. The van der Waals surface area contributed by atoms with Crippen LogP contribution in [0.15, 0.2) is 47.4 Å². The number of ether oxygens (including phenoxy) is 1. The van der Waals surface area contributed by atoms with Crippen LogP contribution in [0.4, 0.5) is 5.69 Å². The fraction of sp³-hybridized carbons (Fsp3) is 0.435. The highest BCUT2D eigenvalue weighted by Gasteiger charge is 2.30. The minimum atomic E-state index is -4.07. The number of methoxy groups -OCH3 is 1. The second-order valence-electron chi connectivity index (χ2n) is 7.90. The number of aryl methyl sites for hydroxylation is 1. The zero-order chi connectivity index (χ0) is 22.4. The van der Waals surface area contributed by atoms with Gasteiger partial charge in [-0.1, -0.05) is 43.4 Å². The van der Waals surface area contributed by atoms with Gasteiger partial charge < -0.3 is 10.1 Å². The fourth-order valence-electron chi connectivity index (χ4n) is 3.85. The van der Waals surface area contributed by atoms with Gasteiger partial charge in [-0.15, -0.1) is 0 Å². The van der Waals surface area contributed by atoms with E-state index in [2.05, 4.69) is 5.32 Å². The molecule has 0 saturated heterocycles. The predicted molar refractivity (Wildman–Crippen MR) is 123 cm³/mol. The number of carbonyl (C=O) groups is 1. The normalized spacial score (nSPS) is 15.2. The summed E-state index contributed by atoms with van der Waals surface area (Å²) >= 11 is 6.00. The van der Waals surface area contributed by atoms with Crippen molar-refractivity contribution < 1.29 is 17.9 Å². The first-order chi connectivity index (χ1) is 14.8. The number of nitrogens with one attached hydrogen (secondary N) is 1. The van der Waals surface area contributed by atoms with Gasteiger partial charge in [0.15, 0.2) is 0 Å². The van der Waals surface area contributed by atoms with E-state index in [9.17, 15) is 13.2 Å². The average Bonchev–Trinajstić information content (AvgIpc) is 3.01. The molecule has 1 fully saturated rings. The largest absolute Gasteiger partial charge is 0.495 e. The third-order valence-electron chi connectivity index (χ3n) is 5.51. The van der Waals surface area contributed by atoms with Crippen LogP contribution in [0.1, 0.15) is 44.1 Å². The van der Waals surface area contributed by atoms with E-state index in [1.54, 1.807) is 42.5 Å². The van der Waals surface area contributed by atoms with Crippen molar-refractivity contribution in [2.45, 2.75) is 56.4 Å². The van der Waals surface area contributed by atoms with Crippen molar-refractivity contribution >= 4 is 33.2 Å². The van der Waals surface area contributed by atoms with E-state index in [0.717, 1.165) is 35.6 Å². The first-order valence-electron chi connectivity index (χ1n) is 10.5. The van der Waals surface area contributed by atoms with E-state index in [1.807, 2.05) is 6.92 Å². The van der Waals surface area contributed by atoms with Crippen LogP contribution < -0.4 is 14.4 Å². The van der Waals surface area contributed by atoms with Crippen molar-refractivity contribution in [3.8, 4) is 5.75 Å². The third kappa shape index (κ3) is 5.92. The van der Waals surface area contributed by atoms with Gasteiger partial charge in [-0.25, -0.2) is 8.42 Å². The van der Waals surface area contributed by atoms with Gasteiger partial charge in [-0.05, 0) is 61.7 Å². The Bertz CT molecular complexity index is 1000. The van der Waals surface area contributed by atoms with Crippen molar-refractivity contribution in [1.29, 1.82) is 0 Å². The number of sulfonamides is 1.